The maximum atomic E-state index is 12.3. The van der Waals surface area contributed by atoms with Crippen molar-refractivity contribution in [1.82, 2.24) is 10.6 Å². The molecule has 0 spiro atoms. The second-order valence-electron chi connectivity index (χ2n) is 5.04. The Labute approximate surface area is 113 Å². The summed E-state index contributed by atoms with van der Waals surface area (Å²) < 4.78 is 10.3. The number of nitrogens with one attached hydrogen (secondary N) is 2. The maximum absolute atomic E-state index is 12.3. The first-order valence-electron chi connectivity index (χ1n) is 6.33. The van der Waals surface area contributed by atoms with Gasteiger partial charge in [0.25, 0.3) is 5.91 Å². The van der Waals surface area contributed by atoms with Crippen LogP contribution >= 0.6 is 0 Å². The van der Waals surface area contributed by atoms with Crippen molar-refractivity contribution in [3.63, 3.8) is 0 Å². The van der Waals surface area contributed by atoms with Crippen LogP contribution in [0, 0.1) is 0 Å². The van der Waals surface area contributed by atoms with Crippen molar-refractivity contribution in [2.75, 3.05) is 27.3 Å². The van der Waals surface area contributed by atoms with Gasteiger partial charge in [-0.1, -0.05) is 0 Å². The molecule has 1 aliphatic rings. The van der Waals surface area contributed by atoms with E-state index >= 15 is 0 Å². The predicted octanol–water partition coefficient (Wildman–Crippen LogP) is 1.19. The van der Waals surface area contributed by atoms with Gasteiger partial charge < -0.3 is 20.1 Å². The average Bonchev–Trinajstić information content (AvgIpc) is 2.84. The molecule has 0 aromatic heterocycles. The molecule has 2 rings (SSSR count). The molecule has 1 fully saturated rings. The molecule has 1 aliphatic heterocycles. The first-order chi connectivity index (χ1) is 9.06. The third-order valence-corrected chi connectivity index (χ3v) is 3.40. The summed E-state index contributed by atoms with van der Waals surface area (Å²) in [5.74, 6) is 1.11. The van der Waals surface area contributed by atoms with E-state index in [0.29, 0.717) is 17.1 Å². The monoisotopic (exact) mass is 264 g/mol. The Hall–Kier alpha value is -1.75. The molecule has 2 N–H and O–H groups in total. The Balaban J connectivity index is 2.18. The summed E-state index contributed by atoms with van der Waals surface area (Å²) >= 11 is 0. The Morgan fingerprint density at radius 3 is 2.37 bits per heavy atom. The molecule has 1 aromatic rings. The van der Waals surface area contributed by atoms with Crippen LogP contribution in [0.1, 0.15) is 23.7 Å². The van der Waals surface area contributed by atoms with E-state index in [0.717, 1.165) is 19.5 Å². The van der Waals surface area contributed by atoms with Crippen molar-refractivity contribution >= 4 is 5.91 Å². The van der Waals surface area contributed by atoms with Crippen molar-refractivity contribution in [2.24, 2.45) is 0 Å². The third-order valence-electron chi connectivity index (χ3n) is 3.40. The molecule has 1 atom stereocenters. The van der Waals surface area contributed by atoms with Gasteiger partial charge in [-0.2, -0.15) is 0 Å². The highest BCUT2D eigenvalue weighted by Gasteiger charge is 2.30. The van der Waals surface area contributed by atoms with Gasteiger partial charge >= 0.3 is 0 Å². The van der Waals surface area contributed by atoms with E-state index in [1.165, 1.54) is 0 Å². The minimum absolute atomic E-state index is 0.108. The van der Waals surface area contributed by atoms with Crippen molar-refractivity contribution in [3.8, 4) is 11.5 Å². The summed E-state index contributed by atoms with van der Waals surface area (Å²) in [7, 11) is 3.14. The molecule has 1 heterocycles. The molecular weight excluding hydrogens is 244 g/mol. The number of carbonyl (C=O) groups is 1. The minimum atomic E-state index is -0.187. The lowest BCUT2D eigenvalue weighted by Crippen LogP contribution is -2.47. The average molecular weight is 264 g/mol. The highest BCUT2D eigenvalue weighted by molar-refractivity contribution is 5.95. The second kappa shape index (κ2) is 5.48. The van der Waals surface area contributed by atoms with Crippen molar-refractivity contribution in [3.05, 3.63) is 23.8 Å². The largest absolute Gasteiger partial charge is 0.497 e. The van der Waals surface area contributed by atoms with Crippen LogP contribution in [0.3, 0.4) is 0 Å². The molecule has 0 saturated carbocycles. The lowest BCUT2D eigenvalue weighted by molar-refractivity contribution is 0.0912. The van der Waals surface area contributed by atoms with Crippen molar-refractivity contribution in [2.45, 2.75) is 18.9 Å². The summed E-state index contributed by atoms with van der Waals surface area (Å²) in [4.78, 5) is 12.3. The Morgan fingerprint density at radius 1 is 1.26 bits per heavy atom. The third kappa shape index (κ3) is 3.17. The van der Waals surface area contributed by atoms with Crippen LogP contribution in [-0.2, 0) is 0 Å². The molecule has 0 radical (unpaired) electrons. The normalized spacial score (nSPS) is 22.1. The van der Waals surface area contributed by atoms with Crippen LogP contribution in [0.4, 0.5) is 0 Å². The number of amides is 1. The van der Waals surface area contributed by atoms with Gasteiger partial charge in [-0.15, -0.1) is 0 Å². The van der Waals surface area contributed by atoms with Gasteiger partial charge in [0.15, 0.2) is 0 Å². The number of benzene rings is 1. The quantitative estimate of drug-likeness (QED) is 0.857. The minimum Gasteiger partial charge on any atom is -0.497 e. The zero-order valence-corrected chi connectivity index (χ0v) is 11.6. The lowest BCUT2D eigenvalue weighted by atomic mass is 10.0. The molecular formula is C14H20N2O3. The summed E-state index contributed by atoms with van der Waals surface area (Å²) in [5, 5.41) is 6.31. The number of methoxy groups -OCH3 is 2. The molecule has 1 saturated heterocycles. The van der Waals surface area contributed by atoms with E-state index in [4.69, 9.17) is 9.47 Å². The maximum Gasteiger partial charge on any atom is 0.252 e. The number of hydrogen-bond acceptors (Lipinski definition) is 4. The molecule has 5 nitrogen and oxygen atoms in total. The van der Waals surface area contributed by atoms with Crippen LogP contribution in [0.5, 0.6) is 11.5 Å². The highest BCUT2D eigenvalue weighted by Crippen LogP contribution is 2.23. The van der Waals surface area contributed by atoms with Gasteiger partial charge in [0.2, 0.25) is 0 Å². The van der Waals surface area contributed by atoms with E-state index in [1.807, 2.05) is 6.92 Å². The number of carbonyl (C=O) groups excluding carboxylic acids is 1. The fourth-order valence-electron chi connectivity index (χ4n) is 2.21. The van der Waals surface area contributed by atoms with Gasteiger partial charge in [0, 0.05) is 18.2 Å². The van der Waals surface area contributed by atoms with Gasteiger partial charge in [-0.3, -0.25) is 4.79 Å². The Morgan fingerprint density at radius 2 is 1.89 bits per heavy atom. The zero-order valence-electron chi connectivity index (χ0n) is 11.6. The molecule has 0 bridgehead atoms. The van der Waals surface area contributed by atoms with Crippen molar-refractivity contribution < 1.29 is 14.3 Å². The summed E-state index contributed by atoms with van der Waals surface area (Å²) in [6.07, 6.45) is 0.930. The number of hydrogen-bond donors (Lipinski definition) is 2. The van der Waals surface area contributed by atoms with Gasteiger partial charge in [0.1, 0.15) is 11.5 Å². The van der Waals surface area contributed by atoms with Crippen LogP contribution in [0.15, 0.2) is 18.2 Å². The fourth-order valence-corrected chi connectivity index (χ4v) is 2.21. The molecule has 104 valence electrons. The van der Waals surface area contributed by atoms with Crippen LogP contribution in [-0.4, -0.2) is 38.8 Å². The Bertz CT molecular complexity index is 446. The topological polar surface area (TPSA) is 59.6 Å². The first-order valence-corrected chi connectivity index (χ1v) is 6.33. The van der Waals surface area contributed by atoms with E-state index in [9.17, 15) is 4.79 Å². The van der Waals surface area contributed by atoms with Gasteiger partial charge in [0.05, 0.1) is 19.8 Å². The molecule has 19 heavy (non-hydrogen) atoms. The second-order valence-corrected chi connectivity index (χ2v) is 5.04. The van der Waals surface area contributed by atoms with Gasteiger partial charge in [-0.05, 0) is 32.0 Å². The molecule has 1 aromatic carbocycles. The molecule has 1 unspecified atom stereocenters. The predicted molar refractivity (Wildman–Crippen MR) is 72.9 cm³/mol. The zero-order chi connectivity index (χ0) is 13.9. The van der Waals surface area contributed by atoms with Crippen LogP contribution < -0.4 is 20.1 Å². The van der Waals surface area contributed by atoms with E-state index < -0.39 is 0 Å². The van der Waals surface area contributed by atoms with E-state index in [1.54, 1.807) is 32.4 Å². The molecule has 5 heteroatoms. The van der Waals surface area contributed by atoms with Crippen LogP contribution in [0.2, 0.25) is 0 Å². The standard InChI is InChI=1S/C14H20N2O3/c1-14(4-5-15-9-14)16-13(17)10-6-11(18-2)8-12(7-10)19-3/h6-8,15H,4-5,9H2,1-3H3,(H,16,17). The number of rotatable bonds is 4. The molecule has 1 amide bonds. The first kappa shape index (κ1) is 13.7. The lowest BCUT2D eigenvalue weighted by Gasteiger charge is -2.24. The summed E-state index contributed by atoms with van der Waals surface area (Å²) in [5.41, 5.74) is 0.359. The molecule has 0 aliphatic carbocycles. The summed E-state index contributed by atoms with van der Waals surface area (Å²) in [6, 6.07) is 5.17. The SMILES string of the molecule is COc1cc(OC)cc(C(=O)NC2(C)CCNC2)c1. The van der Waals surface area contributed by atoms with Crippen molar-refractivity contribution in [1.29, 1.82) is 0 Å². The smallest absolute Gasteiger partial charge is 0.252 e. The fraction of sp³-hybridized carbons (Fsp3) is 0.500. The van der Waals surface area contributed by atoms with Gasteiger partial charge in [-0.25, -0.2) is 0 Å². The summed E-state index contributed by atoms with van der Waals surface area (Å²) in [6.45, 7) is 3.76. The van der Waals surface area contributed by atoms with E-state index in [-0.39, 0.29) is 11.4 Å². The number of ether oxygens (including phenoxy) is 2. The highest BCUT2D eigenvalue weighted by atomic mass is 16.5. The van der Waals surface area contributed by atoms with E-state index in [2.05, 4.69) is 10.6 Å². The van der Waals surface area contributed by atoms with Crippen LogP contribution in [0.25, 0.3) is 0 Å². The Kier molecular flexibility index (Phi) is 3.95.